The minimum Gasteiger partial charge on any atom is -0.459 e. The van der Waals surface area contributed by atoms with Gasteiger partial charge >= 0.3 is 12.1 Å². The van der Waals surface area contributed by atoms with Gasteiger partial charge in [-0.2, -0.15) is 0 Å². The molecule has 1 amide bonds. The highest BCUT2D eigenvalue weighted by atomic mass is 32.1. The number of rotatable bonds is 9. The van der Waals surface area contributed by atoms with Gasteiger partial charge in [0.2, 0.25) is 0 Å². The van der Waals surface area contributed by atoms with Crippen LogP contribution in [0.1, 0.15) is 80.2 Å². The van der Waals surface area contributed by atoms with Gasteiger partial charge in [0.1, 0.15) is 30.1 Å². The van der Waals surface area contributed by atoms with Crippen molar-refractivity contribution in [1.82, 2.24) is 19.8 Å². The number of likely N-dealkylation sites (N-methyl/N-ethyl adjacent to an activating group) is 1. The Bertz CT molecular complexity index is 1790. The zero-order valence-corrected chi connectivity index (χ0v) is 38.2. The van der Waals surface area contributed by atoms with Crippen LogP contribution in [0.4, 0.5) is 4.79 Å². The fraction of sp³-hybridized carbons (Fsp3) is 0.689. The van der Waals surface area contributed by atoms with Gasteiger partial charge < -0.3 is 54.0 Å². The highest BCUT2D eigenvalue weighted by molar-refractivity contribution is 7.03. The van der Waals surface area contributed by atoms with Crippen LogP contribution in [-0.4, -0.2) is 136 Å². The van der Waals surface area contributed by atoms with Gasteiger partial charge in [-0.05, 0) is 95.7 Å². The number of aliphatic hydroxyl groups is 3. The molecule has 3 saturated heterocycles. The standard InChI is InChI=1S/C45H68N4O11S/c1-12-36-45(9,54)40-28(5)33(17-18-55-43(53)46-21-31-13-15-32(16-14-31)34-24-61-48-47-34)26(3)20-44(8,57-23-25(2)22-56-40)39(29(6)37(50)30(7)41(52)59-36)60-42-38(51)35(49(10)11)19-27(4)58-42/h13-17,24,26-30,35-40,42,50-51,54H,2,12,18-23H2,1,3-11H3,(H,46,53)/b33-17+/t26-,27-,28+,29+,30-,35+,36-,37+,38-,39-,40?,42?,44-,45-/m1/s1. The molecule has 1 aromatic carbocycles. The summed E-state index contributed by atoms with van der Waals surface area (Å²) < 4.78 is 42.2. The van der Waals surface area contributed by atoms with Crippen molar-refractivity contribution in [3.8, 4) is 11.3 Å². The first-order chi connectivity index (χ1) is 28.8. The Morgan fingerprint density at radius 2 is 1.79 bits per heavy atom. The van der Waals surface area contributed by atoms with Crippen molar-refractivity contribution >= 4 is 23.6 Å². The van der Waals surface area contributed by atoms with Gasteiger partial charge in [-0.15, -0.1) is 5.10 Å². The quantitative estimate of drug-likeness (QED) is 0.188. The average molecular weight is 873 g/mol. The molecule has 4 N–H and O–H groups in total. The monoisotopic (exact) mass is 872 g/mol. The third kappa shape index (κ3) is 11.6. The van der Waals surface area contributed by atoms with E-state index in [1.165, 1.54) is 11.5 Å². The Hall–Kier alpha value is -3.32. The van der Waals surface area contributed by atoms with Crippen LogP contribution in [0.25, 0.3) is 11.3 Å². The molecular formula is C45H68N4O11S. The van der Waals surface area contributed by atoms with Crippen molar-refractivity contribution in [2.24, 2.45) is 23.7 Å². The fourth-order valence-corrected chi connectivity index (χ4v) is 9.76. The number of benzene rings is 1. The van der Waals surface area contributed by atoms with Gasteiger partial charge in [-0.25, -0.2) is 4.79 Å². The van der Waals surface area contributed by atoms with Crippen molar-refractivity contribution in [3.63, 3.8) is 0 Å². The maximum atomic E-state index is 13.9. The second-order valence-electron chi connectivity index (χ2n) is 17.9. The molecule has 61 heavy (non-hydrogen) atoms. The lowest BCUT2D eigenvalue weighted by molar-refractivity contribution is -0.303. The fourth-order valence-electron chi connectivity index (χ4n) is 9.30. The second kappa shape index (κ2) is 20.9. The molecule has 3 aliphatic heterocycles. The maximum Gasteiger partial charge on any atom is 0.407 e. The first kappa shape index (κ1) is 48.7. The molecule has 0 radical (unpaired) electrons. The highest BCUT2D eigenvalue weighted by Gasteiger charge is 2.52. The molecule has 14 atom stereocenters. The van der Waals surface area contributed by atoms with E-state index in [0.717, 1.165) is 22.4 Å². The molecular weight excluding hydrogens is 805 g/mol. The highest BCUT2D eigenvalue weighted by Crippen LogP contribution is 2.43. The summed E-state index contributed by atoms with van der Waals surface area (Å²) >= 11 is 1.28. The number of nitrogens with zero attached hydrogens (tertiary/aromatic N) is 3. The molecule has 3 aliphatic rings. The van der Waals surface area contributed by atoms with Crippen LogP contribution in [0.5, 0.6) is 0 Å². The molecule has 4 heterocycles. The number of carbonyl (C=O) groups excluding carboxylic acids is 2. The minimum atomic E-state index is -1.72. The van der Waals surface area contributed by atoms with Crippen LogP contribution in [-0.2, 0) is 39.8 Å². The number of cyclic esters (lactones) is 1. The van der Waals surface area contributed by atoms with E-state index in [2.05, 4.69) is 21.5 Å². The van der Waals surface area contributed by atoms with Gasteiger partial charge in [0.25, 0.3) is 0 Å². The van der Waals surface area contributed by atoms with E-state index in [9.17, 15) is 24.9 Å². The molecule has 15 nitrogen and oxygen atoms in total. The first-order valence-electron chi connectivity index (χ1n) is 21.4. The van der Waals surface area contributed by atoms with Crippen molar-refractivity contribution in [2.45, 2.75) is 141 Å². The summed E-state index contributed by atoms with van der Waals surface area (Å²) in [5.74, 6) is -3.33. The summed E-state index contributed by atoms with van der Waals surface area (Å²) in [6.07, 6.45) is -4.21. The van der Waals surface area contributed by atoms with Crippen molar-refractivity contribution in [3.05, 3.63) is 59.0 Å². The van der Waals surface area contributed by atoms with E-state index in [1.54, 1.807) is 20.8 Å². The van der Waals surface area contributed by atoms with Crippen LogP contribution in [0.15, 0.2) is 53.4 Å². The largest absolute Gasteiger partial charge is 0.459 e. The minimum absolute atomic E-state index is 0.0143. The first-order valence-corrected chi connectivity index (χ1v) is 22.3. The molecule has 2 bridgehead atoms. The zero-order chi connectivity index (χ0) is 44.8. The Balaban J connectivity index is 1.51. The Labute approximate surface area is 364 Å². The normalized spacial score (nSPS) is 37.6. The van der Waals surface area contributed by atoms with Gasteiger partial charge in [0.05, 0.1) is 49.1 Å². The van der Waals surface area contributed by atoms with Crippen LogP contribution in [0.3, 0.4) is 0 Å². The number of ether oxygens (including phenoxy) is 6. The zero-order valence-electron chi connectivity index (χ0n) is 37.4. The number of aromatic nitrogens is 2. The van der Waals surface area contributed by atoms with Gasteiger partial charge in [0, 0.05) is 35.4 Å². The maximum absolute atomic E-state index is 13.9. The van der Waals surface area contributed by atoms with Crippen molar-refractivity contribution < 1.29 is 53.3 Å². The third-order valence-electron chi connectivity index (χ3n) is 12.8. The molecule has 5 rings (SSSR count). The lowest BCUT2D eigenvalue weighted by Gasteiger charge is -2.48. The third-order valence-corrected chi connectivity index (χ3v) is 13.3. The summed E-state index contributed by atoms with van der Waals surface area (Å²) in [7, 11) is 3.79. The lowest BCUT2D eigenvalue weighted by atomic mass is 9.72. The van der Waals surface area contributed by atoms with Crippen LogP contribution in [0.2, 0.25) is 0 Å². The number of esters is 1. The number of carbonyl (C=O) groups is 2. The number of aliphatic hydroxyl groups excluding tert-OH is 2. The average Bonchev–Trinajstić information content (AvgIpc) is 3.76. The van der Waals surface area contributed by atoms with Crippen LogP contribution < -0.4 is 5.32 Å². The van der Waals surface area contributed by atoms with Crippen LogP contribution >= 0.6 is 11.5 Å². The molecule has 2 unspecified atom stereocenters. The number of nitrogens with one attached hydrogen (secondary N) is 1. The van der Waals surface area contributed by atoms with E-state index in [-0.39, 0.29) is 50.8 Å². The van der Waals surface area contributed by atoms with E-state index in [0.29, 0.717) is 18.4 Å². The summed E-state index contributed by atoms with van der Waals surface area (Å²) in [5, 5.41) is 44.9. The molecule has 0 spiro atoms. The molecule has 1 aromatic heterocycles. The SMILES string of the molecule is C=C1COC2[C@@H](C)/C(=C/COC(=O)NCc3ccc(-c4csnn4)cc3)[C@H](C)C[C@@](C)(OC1)[C@H](OC1O[C@H](C)C[C@H](N(C)C)[C@H]1O)[C@@H](C)[C@H](O)[C@@H](C)C(=O)O[C@H](CC)[C@@]2(C)O. The Kier molecular flexibility index (Phi) is 16.7. The second-order valence-corrected chi connectivity index (χ2v) is 18.6. The Morgan fingerprint density at radius 1 is 1.08 bits per heavy atom. The topological polar surface area (TPSA) is 191 Å². The van der Waals surface area contributed by atoms with Gasteiger partial charge in [-0.1, -0.05) is 68.6 Å². The summed E-state index contributed by atoms with van der Waals surface area (Å²) in [4.78, 5) is 28.9. The van der Waals surface area contributed by atoms with Gasteiger partial charge in [-0.3, -0.25) is 4.79 Å². The predicted molar refractivity (Wildman–Crippen MR) is 230 cm³/mol. The van der Waals surface area contributed by atoms with E-state index in [4.69, 9.17) is 28.4 Å². The number of alkyl carbamates (subject to hydrolysis) is 1. The molecule has 2 aromatic rings. The van der Waals surface area contributed by atoms with Gasteiger partial charge in [0.15, 0.2) is 6.29 Å². The van der Waals surface area contributed by atoms with Crippen molar-refractivity contribution in [1.29, 1.82) is 0 Å². The number of fused-ring (bicyclic) bond motifs is 5. The molecule has 340 valence electrons. The summed E-state index contributed by atoms with van der Waals surface area (Å²) in [6, 6.07) is 7.38. The van der Waals surface area contributed by atoms with Crippen LogP contribution in [0, 0.1) is 23.7 Å². The summed E-state index contributed by atoms with van der Waals surface area (Å²) in [6.45, 7) is 19.0. The molecule has 0 aliphatic carbocycles. The van der Waals surface area contributed by atoms with E-state index >= 15 is 0 Å². The van der Waals surface area contributed by atoms with E-state index < -0.39 is 77.8 Å². The molecule has 0 saturated carbocycles. The predicted octanol–water partition coefficient (Wildman–Crippen LogP) is 5.28. The number of hydrogen-bond donors (Lipinski definition) is 4. The number of hydrogen-bond acceptors (Lipinski definition) is 15. The molecule has 16 heteroatoms. The molecule has 3 fully saturated rings. The Morgan fingerprint density at radius 3 is 2.43 bits per heavy atom. The number of amides is 1. The summed E-state index contributed by atoms with van der Waals surface area (Å²) in [5.41, 5.74) is 1.04. The lowest BCUT2D eigenvalue weighted by Crippen LogP contribution is -2.60. The van der Waals surface area contributed by atoms with Crippen molar-refractivity contribution in [2.75, 3.05) is 33.9 Å². The smallest absolute Gasteiger partial charge is 0.407 e. The van der Waals surface area contributed by atoms with E-state index in [1.807, 2.05) is 89.3 Å².